The van der Waals surface area contributed by atoms with Gasteiger partial charge in [-0.15, -0.1) is 10.2 Å². The van der Waals surface area contributed by atoms with E-state index < -0.39 is 0 Å². The van der Waals surface area contributed by atoms with E-state index in [0.717, 1.165) is 25.3 Å². The highest BCUT2D eigenvalue weighted by atomic mass is 16.5. The van der Waals surface area contributed by atoms with Crippen molar-refractivity contribution in [2.45, 2.75) is 25.8 Å². The number of rotatable bonds is 4. The van der Waals surface area contributed by atoms with Gasteiger partial charge in [0, 0.05) is 33.7 Å². The van der Waals surface area contributed by atoms with Crippen molar-refractivity contribution in [3.8, 4) is 0 Å². The smallest absolute Gasteiger partial charge is 0.223 e. The predicted octanol–water partition coefficient (Wildman–Crippen LogP) is 0.590. The summed E-state index contributed by atoms with van der Waals surface area (Å²) in [5.41, 5.74) is 0. The first-order valence-electron chi connectivity index (χ1n) is 6.31. The lowest BCUT2D eigenvalue weighted by Crippen LogP contribution is -2.31. The van der Waals surface area contributed by atoms with E-state index in [0.29, 0.717) is 25.5 Å². The number of aryl methyl sites for hydroxylation is 1. The van der Waals surface area contributed by atoms with Crippen LogP contribution in [0.15, 0.2) is 6.33 Å². The number of nitrogens with zero attached hydrogens (tertiary/aromatic N) is 4. The molecule has 1 aliphatic heterocycles. The van der Waals surface area contributed by atoms with Crippen LogP contribution in [-0.4, -0.2) is 45.8 Å². The molecular formula is C12H20N4O2. The fourth-order valence-electron chi connectivity index (χ4n) is 2.12. The van der Waals surface area contributed by atoms with Gasteiger partial charge < -0.3 is 14.2 Å². The van der Waals surface area contributed by atoms with Crippen molar-refractivity contribution in [3.63, 3.8) is 0 Å². The molecule has 0 bridgehead atoms. The Morgan fingerprint density at radius 3 is 3.11 bits per heavy atom. The van der Waals surface area contributed by atoms with Gasteiger partial charge in [0.15, 0.2) is 5.82 Å². The highest BCUT2D eigenvalue weighted by Gasteiger charge is 2.20. The Balaban J connectivity index is 1.83. The monoisotopic (exact) mass is 252 g/mol. The summed E-state index contributed by atoms with van der Waals surface area (Å²) < 4.78 is 7.22. The molecule has 0 spiro atoms. The maximum Gasteiger partial charge on any atom is 0.223 e. The van der Waals surface area contributed by atoms with Crippen LogP contribution in [0.3, 0.4) is 0 Å². The number of hydrogen-bond acceptors (Lipinski definition) is 4. The third kappa shape index (κ3) is 3.29. The van der Waals surface area contributed by atoms with Gasteiger partial charge in [0.2, 0.25) is 5.91 Å². The van der Waals surface area contributed by atoms with E-state index >= 15 is 0 Å². The standard InChI is InChI=1S/C12H20N4O2/c1-15(7-11-14-13-9-16(11)2)12(17)6-10-4-3-5-18-8-10/h9-10H,3-8H2,1-2H3/t10-/m0/s1. The van der Waals surface area contributed by atoms with E-state index in [-0.39, 0.29) is 5.91 Å². The molecule has 0 radical (unpaired) electrons. The van der Waals surface area contributed by atoms with Crippen LogP contribution >= 0.6 is 0 Å². The van der Waals surface area contributed by atoms with Crippen LogP contribution in [0, 0.1) is 5.92 Å². The molecule has 2 heterocycles. The molecule has 6 heteroatoms. The molecule has 0 aliphatic carbocycles. The third-order valence-electron chi connectivity index (χ3n) is 3.33. The molecule has 1 fully saturated rings. The molecule has 6 nitrogen and oxygen atoms in total. The lowest BCUT2D eigenvalue weighted by molar-refractivity contribution is -0.132. The van der Waals surface area contributed by atoms with Gasteiger partial charge in [-0.2, -0.15) is 0 Å². The normalized spacial score (nSPS) is 19.8. The lowest BCUT2D eigenvalue weighted by atomic mass is 9.98. The minimum absolute atomic E-state index is 0.147. The van der Waals surface area contributed by atoms with Crippen LogP contribution in [0.4, 0.5) is 0 Å². The van der Waals surface area contributed by atoms with Crippen molar-refractivity contribution in [3.05, 3.63) is 12.2 Å². The van der Waals surface area contributed by atoms with Gasteiger partial charge in [0.25, 0.3) is 0 Å². The SMILES string of the molecule is CN(Cc1nncn1C)C(=O)C[C@@H]1CCCOC1. The van der Waals surface area contributed by atoms with Crippen molar-refractivity contribution in [1.29, 1.82) is 0 Å². The van der Waals surface area contributed by atoms with Crippen molar-refractivity contribution in [1.82, 2.24) is 19.7 Å². The number of carbonyl (C=O) groups is 1. The summed E-state index contributed by atoms with van der Waals surface area (Å²) in [5.74, 6) is 1.31. The highest BCUT2D eigenvalue weighted by Crippen LogP contribution is 2.18. The van der Waals surface area contributed by atoms with E-state index in [4.69, 9.17) is 4.74 Å². The number of aromatic nitrogens is 3. The van der Waals surface area contributed by atoms with E-state index in [1.54, 1.807) is 18.3 Å². The van der Waals surface area contributed by atoms with E-state index in [9.17, 15) is 4.79 Å². The molecule has 1 aliphatic rings. The predicted molar refractivity (Wildman–Crippen MR) is 65.6 cm³/mol. The summed E-state index contributed by atoms with van der Waals surface area (Å²) in [5, 5.41) is 7.78. The average molecular weight is 252 g/mol. The first-order chi connectivity index (χ1) is 8.66. The summed E-state index contributed by atoms with van der Waals surface area (Å²) in [7, 11) is 3.68. The average Bonchev–Trinajstić information content (AvgIpc) is 2.76. The molecule has 0 N–H and O–H groups in total. The molecule has 2 rings (SSSR count). The van der Waals surface area contributed by atoms with Crippen molar-refractivity contribution < 1.29 is 9.53 Å². The topological polar surface area (TPSA) is 60.2 Å². The van der Waals surface area contributed by atoms with Crippen LogP contribution < -0.4 is 0 Å². The molecule has 0 aromatic carbocycles. The molecule has 0 unspecified atom stereocenters. The highest BCUT2D eigenvalue weighted by molar-refractivity contribution is 5.76. The van der Waals surface area contributed by atoms with Gasteiger partial charge in [-0.05, 0) is 18.8 Å². The molecule has 100 valence electrons. The fraction of sp³-hybridized carbons (Fsp3) is 0.750. The van der Waals surface area contributed by atoms with Gasteiger partial charge >= 0.3 is 0 Å². The van der Waals surface area contributed by atoms with Crippen molar-refractivity contribution in [2.75, 3.05) is 20.3 Å². The van der Waals surface area contributed by atoms with Crippen LogP contribution in [0.1, 0.15) is 25.1 Å². The Bertz CT molecular complexity index is 399. The number of hydrogen-bond donors (Lipinski definition) is 0. The van der Waals surface area contributed by atoms with Gasteiger partial charge in [-0.3, -0.25) is 4.79 Å². The molecule has 1 amide bonds. The number of amides is 1. The van der Waals surface area contributed by atoms with Gasteiger partial charge in [-0.1, -0.05) is 0 Å². The number of carbonyl (C=O) groups excluding carboxylic acids is 1. The fourth-order valence-corrected chi connectivity index (χ4v) is 2.12. The van der Waals surface area contributed by atoms with E-state index in [2.05, 4.69) is 10.2 Å². The zero-order valence-electron chi connectivity index (χ0n) is 11.0. The third-order valence-corrected chi connectivity index (χ3v) is 3.33. The minimum Gasteiger partial charge on any atom is -0.381 e. The minimum atomic E-state index is 0.147. The first kappa shape index (κ1) is 13.0. The zero-order valence-corrected chi connectivity index (χ0v) is 11.0. The van der Waals surface area contributed by atoms with Gasteiger partial charge in [-0.25, -0.2) is 0 Å². The second kappa shape index (κ2) is 5.95. The summed E-state index contributed by atoms with van der Waals surface area (Å²) >= 11 is 0. The molecule has 1 aromatic rings. The van der Waals surface area contributed by atoms with Crippen molar-refractivity contribution >= 4 is 5.91 Å². The van der Waals surface area contributed by atoms with Crippen LogP contribution in [0.2, 0.25) is 0 Å². The molecule has 0 saturated carbocycles. The Morgan fingerprint density at radius 2 is 2.50 bits per heavy atom. The largest absolute Gasteiger partial charge is 0.381 e. The summed E-state index contributed by atoms with van der Waals surface area (Å²) in [6.45, 7) is 2.05. The Labute approximate surface area is 107 Å². The first-order valence-corrected chi connectivity index (χ1v) is 6.31. The Kier molecular flexibility index (Phi) is 4.30. The van der Waals surface area contributed by atoms with Crippen LogP contribution in [0.25, 0.3) is 0 Å². The van der Waals surface area contributed by atoms with E-state index in [1.165, 1.54) is 0 Å². The zero-order chi connectivity index (χ0) is 13.0. The Hall–Kier alpha value is -1.43. The molecule has 1 atom stereocenters. The lowest BCUT2D eigenvalue weighted by Gasteiger charge is -2.24. The molecule has 18 heavy (non-hydrogen) atoms. The van der Waals surface area contributed by atoms with Crippen LogP contribution in [0.5, 0.6) is 0 Å². The molecular weight excluding hydrogens is 232 g/mol. The summed E-state index contributed by atoms with van der Waals surface area (Å²) in [4.78, 5) is 13.8. The van der Waals surface area contributed by atoms with Gasteiger partial charge in [0.05, 0.1) is 6.54 Å². The summed E-state index contributed by atoms with van der Waals surface area (Å²) in [6, 6.07) is 0. The molecule has 1 saturated heterocycles. The van der Waals surface area contributed by atoms with Crippen LogP contribution in [-0.2, 0) is 23.1 Å². The molecule has 1 aromatic heterocycles. The maximum atomic E-state index is 12.1. The second-order valence-corrected chi connectivity index (χ2v) is 4.90. The van der Waals surface area contributed by atoms with E-state index in [1.807, 2.05) is 11.6 Å². The van der Waals surface area contributed by atoms with Gasteiger partial charge in [0.1, 0.15) is 6.33 Å². The Morgan fingerprint density at radius 1 is 1.67 bits per heavy atom. The maximum absolute atomic E-state index is 12.1. The quantitative estimate of drug-likeness (QED) is 0.787. The number of ether oxygens (including phenoxy) is 1. The summed E-state index contributed by atoms with van der Waals surface area (Å²) in [6.07, 6.45) is 4.35. The second-order valence-electron chi connectivity index (χ2n) is 4.90. The van der Waals surface area contributed by atoms with Crippen molar-refractivity contribution in [2.24, 2.45) is 13.0 Å².